The molecule has 1 aromatic carbocycles. The largest absolute Gasteiger partial charge is 0.454 e. The molecule has 2 aromatic heterocycles. The number of benzene rings is 1. The van der Waals surface area contributed by atoms with Crippen LogP contribution in [0, 0.1) is 0 Å². The summed E-state index contributed by atoms with van der Waals surface area (Å²) in [7, 11) is 0. The Morgan fingerprint density at radius 2 is 2.00 bits per heavy atom. The third-order valence-corrected chi connectivity index (χ3v) is 4.54. The number of aryl methyl sites for hydroxylation is 3. The number of hydrogen-bond acceptors (Lipinski definition) is 6. The van der Waals surface area contributed by atoms with Gasteiger partial charge in [0.2, 0.25) is 5.78 Å². The summed E-state index contributed by atoms with van der Waals surface area (Å²) >= 11 is 6.00. The van der Waals surface area contributed by atoms with Crippen LogP contribution in [0.2, 0.25) is 5.02 Å². The minimum Gasteiger partial charge on any atom is -0.454 e. The molecule has 28 heavy (non-hydrogen) atoms. The minimum absolute atomic E-state index is 0.190. The molecule has 0 unspecified atom stereocenters. The molecule has 0 spiro atoms. The zero-order valence-corrected chi connectivity index (χ0v) is 16.1. The molecule has 9 heteroatoms. The number of nitrogens with two attached hydrogens (primary N) is 1. The summed E-state index contributed by atoms with van der Waals surface area (Å²) in [5, 5.41) is 8.83. The van der Waals surface area contributed by atoms with Crippen molar-refractivity contribution >= 4 is 29.2 Å². The number of halogens is 1. The Hall–Kier alpha value is -3.13. The average molecular weight is 402 g/mol. The third-order valence-electron chi connectivity index (χ3n) is 4.21. The van der Waals surface area contributed by atoms with Gasteiger partial charge >= 0.3 is 5.97 Å². The molecular weight excluding hydrogens is 382 g/mol. The van der Waals surface area contributed by atoms with Gasteiger partial charge in [-0.3, -0.25) is 9.48 Å². The van der Waals surface area contributed by atoms with Gasteiger partial charge in [0.15, 0.2) is 6.61 Å². The standard InChI is InChI=1S/C19H20ClN5O3/c1-2-15-17(18(21)25(23-15)11-10-24-9-5-8-22-24)19(27)28-12-16(26)13-6-3-4-7-14(13)20/h3-9H,2,10-12,21H2,1H3. The zero-order chi connectivity index (χ0) is 20.1. The summed E-state index contributed by atoms with van der Waals surface area (Å²) in [5.74, 6) is -0.860. The molecule has 2 heterocycles. The van der Waals surface area contributed by atoms with Crippen LogP contribution in [0.4, 0.5) is 5.82 Å². The van der Waals surface area contributed by atoms with Gasteiger partial charge in [-0.2, -0.15) is 10.2 Å². The van der Waals surface area contributed by atoms with E-state index in [0.29, 0.717) is 35.8 Å². The van der Waals surface area contributed by atoms with E-state index in [-0.39, 0.29) is 17.2 Å². The van der Waals surface area contributed by atoms with Crippen molar-refractivity contribution in [3.63, 3.8) is 0 Å². The molecule has 0 radical (unpaired) electrons. The maximum atomic E-state index is 12.6. The lowest BCUT2D eigenvalue weighted by atomic mass is 10.1. The van der Waals surface area contributed by atoms with Gasteiger partial charge < -0.3 is 10.5 Å². The number of Topliss-reactive ketones (excluding diaryl/α,β-unsaturated/α-hetero) is 1. The fraction of sp³-hybridized carbons (Fsp3) is 0.263. The Morgan fingerprint density at radius 3 is 2.68 bits per heavy atom. The fourth-order valence-corrected chi connectivity index (χ4v) is 3.01. The number of esters is 1. The predicted octanol–water partition coefficient (Wildman–Crippen LogP) is 2.62. The molecule has 3 aromatic rings. The van der Waals surface area contributed by atoms with Crippen LogP contribution in [0.1, 0.15) is 33.3 Å². The average Bonchev–Trinajstić information content (AvgIpc) is 3.32. The van der Waals surface area contributed by atoms with E-state index in [0.717, 1.165) is 0 Å². The Balaban J connectivity index is 1.70. The van der Waals surface area contributed by atoms with Crippen LogP contribution in [-0.4, -0.2) is 37.9 Å². The van der Waals surface area contributed by atoms with Crippen LogP contribution in [0.5, 0.6) is 0 Å². The van der Waals surface area contributed by atoms with E-state index in [2.05, 4.69) is 10.2 Å². The summed E-state index contributed by atoms with van der Waals surface area (Å²) in [4.78, 5) is 24.8. The molecule has 146 valence electrons. The fourth-order valence-electron chi connectivity index (χ4n) is 2.77. The monoisotopic (exact) mass is 401 g/mol. The van der Waals surface area contributed by atoms with Gasteiger partial charge in [-0.05, 0) is 24.6 Å². The minimum atomic E-state index is -0.680. The quantitative estimate of drug-likeness (QED) is 0.459. The van der Waals surface area contributed by atoms with Crippen molar-refractivity contribution in [3.8, 4) is 0 Å². The van der Waals surface area contributed by atoms with Crippen molar-refractivity contribution in [2.24, 2.45) is 0 Å². The van der Waals surface area contributed by atoms with Crippen LogP contribution >= 0.6 is 11.6 Å². The number of carbonyl (C=O) groups is 2. The highest BCUT2D eigenvalue weighted by Crippen LogP contribution is 2.20. The second kappa shape index (κ2) is 8.71. The summed E-state index contributed by atoms with van der Waals surface area (Å²) in [6.07, 6.45) is 4.01. The number of nitrogens with zero attached hydrogens (tertiary/aromatic N) is 4. The van der Waals surface area contributed by atoms with Gasteiger partial charge in [-0.15, -0.1) is 0 Å². The first-order chi connectivity index (χ1) is 13.5. The molecule has 2 N–H and O–H groups in total. The second-order valence-corrected chi connectivity index (χ2v) is 6.44. The van der Waals surface area contributed by atoms with Crippen molar-refractivity contribution in [2.75, 3.05) is 12.3 Å². The topological polar surface area (TPSA) is 105 Å². The molecule has 8 nitrogen and oxygen atoms in total. The van der Waals surface area contributed by atoms with E-state index in [1.807, 2.05) is 19.2 Å². The molecule has 0 fully saturated rings. The van der Waals surface area contributed by atoms with Crippen molar-refractivity contribution in [2.45, 2.75) is 26.4 Å². The molecule has 0 bridgehead atoms. The number of ether oxygens (including phenoxy) is 1. The SMILES string of the molecule is CCc1nn(CCn2cccn2)c(N)c1C(=O)OCC(=O)c1ccccc1Cl. The Morgan fingerprint density at radius 1 is 1.21 bits per heavy atom. The number of nitrogen functional groups attached to an aromatic ring is 1. The predicted molar refractivity (Wildman–Crippen MR) is 104 cm³/mol. The normalized spacial score (nSPS) is 10.8. The molecule has 0 saturated carbocycles. The van der Waals surface area contributed by atoms with Gasteiger partial charge in [0, 0.05) is 18.0 Å². The van der Waals surface area contributed by atoms with Crippen LogP contribution < -0.4 is 5.73 Å². The molecule has 3 rings (SSSR count). The molecule has 0 aliphatic carbocycles. The molecule has 0 amide bonds. The highest BCUT2D eigenvalue weighted by molar-refractivity contribution is 6.34. The third kappa shape index (κ3) is 4.23. The smallest absolute Gasteiger partial charge is 0.344 e. The number of hydrogen-bond donors (Lipinski definition) is 1. The van der Waals surface area contributed by atoms with Crippen LogP contribution in [0.25, 0.3) is 0 Å². The number of rotatable bonds is 8. The van der Waals surface area contributed by atoms with E-state index in [9.17, 15) is 9.59 Å². The van der Waals surface area contributed by atoms with Gasteiger partial charge in [0.1, 0.15) is 11.4 Å². The van der Waals surface area contributed by atoms with Gasteiger partial charge in [-0.25, -0.2) is 9.48 Å². The lowest BCUT2D eigenvalue weighted by Gasteiger charge is -2.07. The van der Waals surface area contributed by atoms with Crippen molar-refractivity contribution < 1.29 is 14.3 Å². The number of aromatic nitrogens is 4. The lowest BCUT2D eigenvalue weighted by molar-refractivity contribution is 0.0474. The molecule has 0 aliphatic rings. The van der Waals surface area contributed by atoms with Crippen molar-refractivity contribution in [3.05, 3.63) is 64.6 Å². The Labute approximate surface area is 166 Å². The Bertz CT molecular complexity index is 982. The first kappa shape index (κ1) is 19.6. The highest BCUT2D eigenvalue weighted by Gasteiger charge is 2.23. The van der Waals surface area contributed by atoms with E-state index in [1.54, 1.807) is 39.8 Å². The maximum Gasteiger partial charge on any atom is 0.344 e. The Kier molecular flexibility index (Phi) is 6.10. The summed E-state index contributed by atoms with van der Waals surface area (Å²) in [5.41, 5.74) is 7.14. The van der Waals surface area contributed by atoms with E-state index in [4.69, 9.17) is 22.1 Å². The van der Waals surface area contributed by atoms with Crippen molar-refractivity contribution in [1.29, 1.82) is 0 Å². The highest BCUT2D eigenvalue weighted by atomic mass is 35.5. The van der Waals surface area contributed by atoms with Gasteiger partial charge in [0.25, 0.3) is 0 Å². The van der Waals surface area contributed by atoms with Crippen LogP contribution in [0.3, 0.4) is 0 Å². The number of ketones is 1. The van der Waals surface area contributed by atoms with E-state index in [1.165, 1.54) is 0 Å². The first-order valence-electron chi connectivity index (χ1n) is 8.78. The number of anilines is 1. The summed E-state index contributed by atoms with van der Waals surface area (Å²) < 4.78 is 8.48. The molecule has 0 atom stereocenters. The van der Waals surface area contributed by atoms with Crippen LogP contribution in [-0.2, 0) is 24.2 Å². The zero-order valence-electron chi connectivity index (χ0n) is 15.3. The van der Waals surface area contributed by atoms with Gasteiger partial charge in [-0.1, -0.05) is 30.7 Å². The molecule has 0 saturated heterocycles. The van der Waals surface area contributed by atoms with Gasteiger partial charge in [0.05, 0.1) is 23.8 Å². The summed E-state index contributed by atoms with van der Waals surface area (Å²) in [6, 6.07) is 8.42. The number of carbonyl (C=O) groups excluding carboxylic acids is 2. The summed E-state index contributed by atoms with van der Waals surface area (Å²) in [6.45, 7) is 2.45. The van der Waals surface area contributed by atoms with E-state index < -0.39 is 12.6 Å². The first-order valence-corrected chi connectivity index (χ1v) is 9.16. The molecule has 0 aliphatic heterocycles. The van der Waals surface area contributed by atoms with Crippen LogP contribution in [0.15, 0.2) is 42.7 Å². The van der Waals surface area contributed by atoms with Crippen molar-refractivity contribution in [1.82, 2.24) is 19.6 Å². The molecular formula is C19H20ClN5O3. The van der Waals surface area contributed by atoms with E-state index >= 15 is 0 Å². The second-order valence-electron chi connectivity index (χ2n) is 6.03. The maximum absolute atomic E-state index is 12.6. The lowest BCUT2D eigenvalue weighted by Crippen LogP contribution is -2.17.